The number of carbonyl (C=O) groups excluding carboxylic acids is 2. The van der Waals surface area contributed by atoms with Gasteiger partial charge in [-0.3, -0.25) is 14.4 Å². The van der Waals surface area contributed by atoms with Gasteiger partial charge < -0.3 is 10.0 Å². The van der Waals surface area contributed by atoms with Gasteiger partial charge in [-0.15, -0.1) is 0 Å². The molecule has 2 atom stereocenters. The van der Waals surface area contributed by atoms with Crippen LogP contribution in [0.4, 0.5) is 0 Å². The molecule has 0 unspecified atom stereocenters. The van der Waals surface area contributed by atoms with Crippen molar-refractivity contribution in [3.05, 3.63) is 35.4 Å². The Bertz CT molecular complexity index is 651. The van der Waals surface area contributed by atoms with Crippen molar-refractivity contribution < 1.29 is 19.5 Å². The summed E-state index contributed by atoms with van der Waals surface area (Å²) in [5.41, 5.74) is 0.357. The zero-order chi connectivity index (χ0) is 16.6. The van der Waals surface area contributed by atoms with Crippen LogP contribution in [0.2, 0.25) is 0 Å². The van der Waals surface area contributed by atoms with Crippen LogP contribution >= 0.6 is 0 Å². The Hall–Kier alpha value is -2.17. The molecule has 1 aromatic carbocycles. The summed E-state index contributed by atoms with van der Waals surface area (Å²) in [4.78, 5) is 37.6. The van der Waals surface area contributed by atoms with E-state index in [-0.39, 0.29) is 17.6 Å². The van der Waals surface area contributed by atoms with E-state index < -0.39 is 11.4 Å². The Kier molecular flexibility index (Phi) is 3.96. The molecule has 1 aromatic rings. The summed E-state index contributed by atoms with van der Waals surface area (Å²) >= 11 is 0. The molecule has 3 rings (SSSR count). The Morgan fingerprint density at radius 2 is 1.87 bits per heavy atom. The third-order valence-corrected chi connectivity index (χ3v) is 5.36. The lowest BCUT2D eigenvalue weighted by Gasteiger charge is -2.23. The number of hydrogen-bond donors (Lipinski definition) is 1. The van der Waals surface area contributed by atoms with Crippen LogP contribution < -0.4 is 0 Å². The summed E-state index contributed by atoms with van der Waals surface area (Å²) < 4.78 is 0. The molecule has 1 N–H and O–H groups in total. The molecule has 1 heterocycles. The topological polar surface area (TPSA) is 74.7 Å². The summed E-state index contributed by atoms with van der Waals surface area (Å²) in [6, 6.07) is 6.66. The van der Waals surface area contributed by atoms with Crippen molar-refractivity contribution in [1.82, 2.24) is 4.90 Å². The van der Waals surface area contributed by atoms with Crippen LogP contribution in [0.1, 0.15) is 53.3 Å². The SMILES string of the molecule is CCC(=O)c1ccc(C(=O)N2C[C@@H]3CCC[C@@]3(C(=O)O)C2)cc1. The molecule has 0 radical (unpaired) electrons. The van der Waals surface area contributed by atoms with Crippen molar-refractivity contribution in [2.24, 2.45) is 11.3 Å². The number of aliphatic carboxylic acids is 1. The van der Waals surface area contributed by atoms with Crippen LogP contribution in [-0.4, -0.2) is 40.8 Å². The van der Waals surface area contributed by atoms with Gasteiger partial charge in [0.1, 0.15) is 0 Å². The fourth-order valence-electron chi connectivity index (χ4n) is 3.98. The molecular weight excluding hydrogens is 294 g/mol. The summed E-state index contributed by atoms with van der Waals surface area (Å²) in [6.07, 6.45) is 2.88. The number of ketones is 1. The molecule has 1 saturated carbocycles. The number of fused-ring (bicyclic) bond motifs is 1. The summed E-state index contributed by atoms with van der Waals surface area (Å²) in [7, 11) is 0. The van der Waals surface area contributed by atoms with E-state index in [0.29, 0.717) is 37.1 Å². The van der Waals surface area contributed by atoms with Gasteiger partial charge in [0.2, 0.25) is 0 Å². The molecule has 1 amide bonds. The van der Waals surface area contributed by atoms with Crippen LogP contribution in [0, 0.1) is 11.3 Å². The van der Waals surface area contributed by atoms with E-state index in [1.165, 1.54) is 0 Å². The molecule has 0 spiro atoms. The Labute approximate surface area is 135 Å². The Morgan fingerprint density at radius 3 is 2.43 bits per heavy atom. The summed E-state index contributed by atoms with van der Waals surface area (Å²) in [6.45, 7) is 2.61. The van der Waals surface area contributed by atoms with Crippen molar-refractivity contribution in [3.8, 4) is 0 Å². The minimum Gasteiger partial charge on any atom is -0.481 e. The number of Topliss-reactive ketones (excluding diaryl/α,β-unsaturated/α-hetero) is 1. The second-order valence-electron chi connectivity index (χ2n) is 6.59. The molecule has 0 aromatic heterocycles. The molecule has 2 aliphatic rings. The monoisotopic (exact) mass is 315 g/mol. The minimum absolute atomic E-state index is 0.0459. The van der Waals surface area contributed by atoms with E-state index in [0.717, 1.165) is 12.8 Å². The normalized spacial score (nSPS) is 26.1. The average Bonchev–Trinajstić information content (AvgIpc) is 3.11. The molecule has 1 aliphatic heterocycles. The van der Waals surface area contributed by atoms with E-state index in [2.05, 4.69) is 0 Å². The highest BCUT2D eigenvalue weighted by molar-refractivity contribution is 5.99. The molecule has 5 heteroatoms. The second-order valence-corrected chi connectivity index (χ2v) is 6.59. The molecular formula is C18H21NO4. The average molecular weight is 315 g/mol. The summed E-state index contributed by atoms with van der Waals surface area (Å²) in [5.74, 6) is -0.816. The van der Waals surface area contributed by atoms with Gasteiger partial charge in [0.25, 0.3) is 5.91 Å². The van der Waals surface area contributed by atoms with Crippen LogP contribution in [0.3, 0.4) is 0 Å². The van der Waals surface area contributed by atoms with Crippen molar-refractivity contribution in [3.63, 3.8) is 0 Å². The number of amides is 1. The lowest BCUT2D eigenvalue weighted by Crippen LogP contribution is -2.37. The van der Waals surface area contributed by atoms with Gasteiger partial charge in [-0.05, 0) is 30.9 Å². The lowest BCUT2D eigenvalue weighted by atomic mass is 9.81. The molecule has 0 bridgehead atoms. The zero-order valence-electron chi connectivity index (χ0n) is 13.2. The van der Waals surface area contributed by atoms with Gasteiger partial charge >= 0.3 is 5.97 Å². The number of carboxylic acids is 1. The van der Waals surface area contributed by atoms with Gasteiger partial charge in [0.15, 0.2) is 5.78 Å². The van der Waals surface area contributed by atoms with Gasteiger partial charge in [-0.1, -0.05) is 25.5 Å². The third-order valence-electron chi connectivity index (χ3n) is 5.36. The predicted molar refractivity (Wildman–Crippen MR) is 84.4 cm³/mol. The fourth-order valence-corrected chi connectivity index (χ4v) is 3.98. The highest BCUT2D eigenvalue weighted by Gasteiger charge is 2.55. The summed E-state index contributed by atoms with van der Waals surface area (Å²) in [5, 5.41) is 9.59. The number of carboxylic acid groups (broad SMARTS) is 1. The Balaban J connectivity index is 1.77. The molecule has 2 fully saturated rings. The number of carbonyl (C=O) groups is 3. The standard InChI is InChI=1S/C18H21NO4/c1-2-15(20)12-5-7-13(8-6-12)16(21)19-10-14-4-3-9-18(14,11-19)17(22)23/h5-8,14H,2-4,9-11H2,1H3,(H,22,23)/t14-,18+/m0/s1. The quantitative estimate of drug-likeness (QED) is 0.867. The van der Waals surface area contributed by atoms with Gasteiger partial charge in [-0.25, -0.2) is 0 Å². The van der Waals surface area contributed by atoms with Gasteiger partial charge in [0, 0.05) is 30.6 Å². The zero-order valence-corrected chi connectivity index (χ0v) is 13.2. The molecule has 23 heavy (non-hydrogen) atoms. The minimum atomic E-state index is -0.779. The van der Waals surface area contributed by atoms with E-state index in [9.17, 15) is 19.5 Å². The molecule has 1 saturated heterocycles. The first kappa shape index (κ1) is 15.7. The Morgan fingerprint density at radius 1 is 1.22 bits per heavy atom. The maximum absolute atomic E-state index is 12.6. The highest BCUT2D eigenvalue weighted by Crippen LogP contribution is 2.49. The van der Waals surface area contributed by atoms with Gasteiger partial charge in [0.05, 0.1) is 5.41 Å². The van der Waals surface area contributed by atoms with Crippen LogP contribution in [0.5, 0.6) is 0 Å². The van der Waals surface area contributed by atoms with Crippen molar-refractivity contribution in [1.29, 1.82) is 0 Å². The van der Waals surface area contributed by atoms with Crippen molar-refractivity contribution >= 4 is 17.7 Å². The maximum Gasteiger partial charge on any atom is 0.311 e. The second kappa shape index (κ2) is 5.80. The number of hydrogen-bond acceptors (Lipinski definition) is 3. The largest absolute Gasteiger partial charge is 0.481 e. The smallest absolute Gasteiger partial charge is 0.311 e. The first-order chi connectivity index (χ1) is 11.0. The third kappa shape index (κ3) is 2.54. The maximum atomic E-state index is 12.6. The lowest BCUT2D eigenvalue weighted by molar-refractivity contribution is -0.149. The van der Waals surface area contributed by atoms with E-state index >= 15 is 0 Å². The molecule has 1 aliphatic carbocycles. The fraction of sp³-hybridized carbons (Fsp3) is 0.500. The van der Waals surface area contributed by atoms with Crippen LogP contribution in [-0.2, 0) is 4.79 Å². The van der Waals surface area contributed by atoms with E-state index in [4.69, 9.17) is 0 Å². The predicted octanol–water partition coefficient (Wildman–Crippen LogP) is 2.61. The molecule has 122 valence electrons. The number of nitrogens with zero attached hydrogens (tertiary/aromatic N) is 1. The first-order valence-electron chi connectivity index (χ1n) is 8.14. The van der Waals surface area contributed by atoms with Crippen molar-refractivity contribution in [2.45, 2.75) is 32.6 Å². The number of likely N-dealkylation sites (tertiary alicyclic amines) is 1. The van der Waals surface area contributed by atoms with E-state index in [1.54, 1.807) is 36.1 Å². The van der Waals surface area contributed by atoms with Crippen molar-refractivity contribution in [2.75, 3.05) is 13.1 Å². The molecule has 5 nitrogen and oxygen atoms in total. The first-order valence-corrected chi connectivity index (χ1v) is 8.14. The van der Waals surface area contributed by atoms with Crippen LogP contribution in [0.15, 0.2) is 24.3 Å². The number of rotatable bonds is 4. The van der Waals surface area contributed by atoms with Crippen LogP contribution in [0.25, 0.3) is 0 Å². The highest BCUT2D eigenvalue weighted by atomic mass is 16.4. The van der Waals surface area contributed by atoms with Gasteiger partial charge in [-0.2, -0.15) is 0 Å². The number of benzene rings is 1. The van der Waals surface area contributed by atoms with E-state index in [1.807, 2.05) is 0 Å².